The Morgan fingerprint density at radius 3 is 2.95 bits per heavy atom. The van der Waals surface area contributed by atoms with Gasteiger partial charge in [0.25, 0.3) is 5.91 Å². The molecular formula is C14H18N4O2S. The van der Waals surface area contributed by atoms with Crippen molar-refractivity contribution < 1.29 is 9.21 Å². The van der Waals surface area contributed by atoms with Gasteiger partial charge < -0.3 is 9.32 Å². The van der Waals surface area contributed by atoms with Crippen LogP contribution in [0.1, 0.15) is 34.8 Å². The first kappa shape index (κ1) is 14.2. The molecule has 3 rings (SSSR count). The summed E-state index contributed by atoms with van der Waals surface area (Å²) in [4.78, 5) is 14.3. The summed E-state index contributed by atoms with van der Waals surface area (Å²) < 4.78 is 5.04. The lowest BCUT2D eigenvalue weighted by Gasteiger charge is -2.25. The zero-order chi connectivity index (χ0) is 14.5. The van der Waals surface area contributed by atoms with Gasteiger partial charge >= 0.3 is 0 Å². The van der Waals surface area contributed by atoms with Gasteiger partial charge in [-0.1, -0.05) is 17.8 Å². The van der Waals surface area contributed by atoms with Crippen molar-refractivity contribution >= 4 is 22.4 Å². The number of hydrogen-bond acceptors (Lipinski definition) is 6. The van der Waals surface area contributed by atoms with E-state index in [4.69, 9.17) is 4.42 Å². The Balaban J connectivity index is 1.50. The fourth-order valence-electron chi connectivity index (χ4n) is 2.41. The molecule has 0 bridgehead atoms. The van der Waals surface area contributed by atoms with Gasteiger partial charge in [0.1, 0.15) is 5.01 Å². The van der Waals surface area contributed by atoms with E-state index in [9.17, 15) is 4.79 Å². The SMILES string of the molecule is O=C(Nc1nnc(CCN2CCCCC2)s1)c1ccco1. The number of aromatic nitrogens is 2. The lowest BCUT2D eigenvalue weighted by molar-refractivity contribution is 0.0996. The van der Waals surface area contributed by atoms with Crippen LogP contribution in [0.2, 0.25) is 0 Å². The van der Waals surface area contributed by atoms with Crippen molar-refractivity contribution in [1.82, 2.24) is 15.1 Å². The van der Waals surface area contributed by atoms with Gasteiger partial charge in [-0.2, -0.15) is 0 Å². The maximum Gasteiger partial charge on any atom is 0.293 e. The first-order valence-corrected chi connectivity index (χ1v) is 8.02. The molecule has 112 valence electrons. The lowest BCUT2D eigenvalue weighted by Crippen LogP contribution is -2.31. The number of anilines is 1. The van der Waals surface area contributed by atoms with Crippen molar-refractivity contribution in [2.24, 2.45) is 0 Å². The summed E-state index contributed by atoms with van der Waals surface area (Å²) in [6.07, 6.45) is 6.28. The molecule has 2 aromatic heterocycles. The second kappa shape index (κ2) is 6.82. The standard InChI is InChI=1S/C14H18N4O2S/c19-13(11-5-4-10-20-11)15-14-17-16-12(21-14)6-9-18-7-2-1-3-8-18/h4-5,10H,1-3,6-9H2,(H,15,17,19). The molecule has 0 aliphatic carbocycles. The number of furan rings is 1. The number of piperidine rings is 1. The number of carbonyl (C=O) groups excluding carboxylic acids is 1. The molecule has 6 nitrogen and oxygen atoms in total. The molecule has 2 aromatic rings. The number of nitrogens with one attached hydrogen (secondary N) is 1. The first-order valence-electron chi connectivity index (χ1n) is 7.21. The van der Waals surface area contributed by atoms with Crippen LogP contribution in [-0.4, -0.2) is 40.6 Å². The summed E-state index contributed by atoms with van der Waals surface area (Å²) >= 11 is 1.42. The molecule has 21 heavy (non-hydrogen) atoms. The van der Waals surface area contributed by atoms with Crippen molar-refractivity contribution in [2.75, 3.05) is 25.0 Å². The van der Waals surface area contributed by atoms with Crippen molar-refractivity contribution in [3.05, 3.63) is 29.2 Å². The average molecular weight is 306 g/mol. The van der Waals surface area contributed by atoms with E-state index < -0.39 is 0 Å². The quantitative estimate of drug-likeness (QED) is 0.918. The summed E-state index contributed by atoms with van der Waals surface area (Å²) in [5, 5.41) is 12.3. The van der Waals surface area contributed by atoms with E-state index in [-0.39, 0.29) is 11.7 Å². The number of hydrogen-bond donors (Lipinski definition) is 1. The first-order chi connectivity index (χ1) is 10.3. The van der Waals surface area contributed by atoms with Crippen molar-refractivity contribution in [1.29, 1.82) is 0 Å². The molecule has 1 N–H and O–H groups in total. The Morgan fingerprint density at radius 1 is 1.33 bits per heavy atom. The van der Waals surface area contributed by atoms with Crippen LogP contribution in [0, 0.1) is 0 Å². The van der Waals surface area contributed by atoms with E-state index in [1.54, 1.807) is 12.1 Å². The van der Waals surface area contributed by atoms with Crippen molar-refractivity contribution in [3.63, 3.8) is 0 Å². The molecule has 0 spiro atoms. The maximum absolute atomic E-state index is 11.8. The molecular weight excluding hydrogens is 288 g/mol. The summed E-state index contributed by atoms with van der Waals surface area (Å²) in [5.74, 6) is -0.0150. The van der Waals surface area contributed by atoms with E-state index in [1.807, 2.05) is 0 Å². The van der Waals surface area contributed by atoms with Crippen LogP contribution in [0.4, 0.5) is 5.13 Å². The molecule has 0 radical (unpaired) electrons. The Kier molecular flexibility index (Phi) is 4.62. The molecule has 0 aromatic carbocycles. The predicted molar refractivity (Wildman–Crippen MR) is 80.6 cm³/mol. The van der Waals surface area contributed by atoms with Gasteiger partial charge in [0.15, 0.2) is 5.76 Å². The molecule has 7 heteroatoms. The van der Waals surface area contributed by atoms with Gasteiger partial charge in [0.05, 0.1) is 6.26 Å². The smallest absolute Gasteiger partial charge is 0.293 e. The van der Waals surface area contributed by atoms with Crippen LogP contribution in [0.25, 0.3) is 0 Å². The second-order valence-corrected chi connectivity index (χ2v) is 6.15. The van der Waals surface area contributed by atoms with E-state index >= 15 is 0 Å². The maximum atomic E-state index is 11.8. The van der Waals surface area contributed by atoms with Crippen molar-refractivity contribution in [3.8, 4) is 0 Å². The van der Waals surface area contributed by atoms with Gasteiger partial charge in [0.2, 0.25) is 5.13 Å². The highest BCUT2D eigenvalue weighted by Crippen LogP contribution is 2.18. The minimum Gasteiger partial charge on any atom is -0.459 e. The van der Waals surface area contributed by atoms with Gasteiger partial charge in [-0.15, -0.1) is 10.2 Å². The van der Waals surface area contributed by atoms with Crippen LogP contribution >= 0.6 is 11.3 Å². The van der Waals surface area contributed by atoms with E-state index in [0.29, 0.717) is 5.13 Å². The Bertz CT molecular complexity index is 576. The predicted octanol–water partition coefficient (Wildman–Crippen LogP) is 2.41. The Morgan fingerprint density at radius 2 is 2.19 bits per heavy atom. The van der Waals surface area contributed by atoms with Gasteiger partial charge in [-0.3, -0.25) is 10.1 Å². The number of rotatable bonds is 5. The van der Waals surface area contributed by atoms with E-state index in [1.165, 1.54) is 50.0 Å². The highest BCUT2D eigenvalue weighted by atomic mass is 32.1. The zero-order valence-corrected chi connectivity index (χ0v) is 12.6. The van der Waals surface area contributed by atoms with Crippen LogP contribution in [0.3, 0.4) is 0 Å². The lowest BCUT2D eigenvalue weighted by atomic mass is 10.1. The van der Waals surface area contributed by atoms with Crippen molar-refractivity contribution in [2.45, 2.75) is 25.7 Å². The number of amides is 1. The van der Waals surface area contributed by atoms with Crippen LogP contribution < -0.4 is 5.32 Å². The molecule has 3 heterocycles. The molecule has 0 atom stereocenters. The minimum absolute atomic E-state index is 0.278. The van der Waals surface area contributed by atoms with Gasteiger partial charge in [0, 0.05) is 13.0 Å². The highest BCUT2D eigenvalue weighted by Gasteiger charge is 2.14. The highest BCUT2D eigenvalue weighted by molar-refractivity contribution is 7.15. The molecule has 1 amide bonds. The zero-order valence-electron chi connectivity index (χ0n) is 11.7. The molecule has 0 saturated carbocycles. The fraction of sp³-hybridized carbons (Fsp3) is 0.500. The largest absolute Gasteiger partial charge is 0.459 e. The minimum atomic E-state index is -0.293. The molecule has 1 saturated heterocycles. The Hall–Kier alpha value is -1.73. The third-order valence-electron chi connectivity index (χ3n) is 3.52. The summed E-state index contributed by atoms with van der Waals surface area (Å²) in [5.41, 5.74) is 0. The average Bonchev–Trinajstić information content (AvgIpc) is 3.18. The summed E-state index contributed by atoms with van der Waals surface area (Å²) in [6, 6.07) is 3.30. The number of nitrogens with zero attached hydrogens (tertiary/aromatic N) is 3. The topological polar surface area (TPSA) is 71.3 Å². The van der Waals surface area contributed by atoms with Crippen LogP contribution in [0.5, 0.6) is 0 Å². The van der Waals surface area contributed by atoms with E-state index in [2.05, 4.69) is 20.4 Å². The van der Waals surface area contributed by atoms with E-state index in [0.717, 1.165) is 18.0 Å². The molecule has 1 aliphatic heterocycles. The molecule has 1 aliphatic rings. The monoisotopic (exact) mass is 306 g/mol. The van der Waals surface area contributed by atoms with Crippen LogP contribution in [0.15, 0.2) is 22.8 Å². The summed E-state index contributed by atoms with van der Waals surface area (Å²) in [7, 11) is 0. The normalized spacial score (nSPS) is 16.0. The van der Waals surface area contributed by atoms with Gasteiger partial charge in [-0.05, 0) is 38.1 Å². The number of likely N-dealkylation sites (tertiary alicyclic amines) is 1. The van der Waals surface area contributed by atoms with Crippen LogP contribution in [-0.2, 0) is 6.42 Å². The molecule has 0 unspecified atom stereocenters. The van der Waals surface area contributed by atoms with Gasteiger partial charge in [-0.25, -0.2) is 0 Å². The fourth-order valence-corrected chi connectivity index (χ4v) is 3.13. The second-order valence-electron chi connectivity index (χ2n) is 5.08. The summed E-state index contributed by atoms with van der Waals surface area (Å²) in [6.45, 7) is 3.38. The third kappa shape index (κ3) is 3.89. The number of carbonyl (C=O) groups is 1. The molecule has 1 fully saturated rings. The Labute approximate surface area is 127 Å². The third-order valence-corrected chi connectivity index (χ3v) is 4.42.